The SMILES string of the molecule is NCc1ccc(S(=O)(=O)NC2CCS(=O)(=O)CC2)c(Cl)c1. The molecule has 1 saturated heterocycles. The first-order valence-electron chi connectivity index (χ1n) is 6.45. The third-order valence-corrected chi connectivity index (χ3v) is 7.12. The summed E-state index contributed by atoms with van der Waals surface area (Å²) >= 11 is 5.99. The Balaban J connectivity index is 2.16. The maximum Gasteiger partial charge on any atom is 0.242 e. The molecule has 9 heteroatoms. The van der Waals surface area contributed by atoms with Gasteiger partial charge in [0.2, 0.25) is 10.0 Å². The van der Waals surface area contributed by atoms with Gasteiger partial charge in [-0.15, -0.1) is 0 Å². The summed E-state index contributed by atoms with van der Waals surface area (Å²) in [6.45, 7) is 0.272. The Bertz CT molecular complexity index is 718. The van der Waals surface area contributed by atoms with Gasteiger partial charge in [0.1, 0.15) is 14.7 Å². The lowest BCUT2D eigenvalue weighted by Crippen LogP contribution is -2.40. The zero-order valence-electron chi connectivity index (χ0n) is 11.2. The topological polar surface area (TPSA) is 106 Å². The van der Waals surface area contributed by atoms with E-state index in [0.717, 1.165) is 5.56 Å². The van der Waals surface area contributed by atoms with Gasteiger partial charge in [-0.3, -0.25) is 0 Å². The quantitative estimate of drug-likeness (QED) is 0.827. The molecule has 118 valence electrons. The van der Waals surface area contributed by atoms with Crippen LogP contribution in [0.3, 0.4) is 0 Å². The standard InChI is InChI=1S/C12H17ClN2O4S2/c13-11-7-9(8-14)1-2-12(11)21(18,19)15-10-3-5-20(16,17)6-4-10/h1-2,7,10,15H,3-6,8,14H2. The molecule has 21 heavy (non-hydrogen) atoms. The van der Waals surface area contributed by atoms with Crippen molar-refractivity contribution in [1.82, 2.24) is 4.72 Å². The smallest absolute Gasteiger partial charge is 0.242 e. The van der Waals surface area contributed by atoms with Crippen molar-refractivity contribution < 1.29 is 16.8 Å². The first-order valence-corrected chi connectivity index (χ1v) is 10.1. The van der Waals surface area contributed by atoms with Crippen LogP contribution in [-0.4, -0.2) is 34.4 Å². The number of nitrogens with one attached hydrogen (secondary N) is 1. The Morgan fingerprint density at radius 2 is 1.90 bits per heavy atom. The predicted molar refractivity (Wildman–Crippen MR) is 81.3 cm³/mol. The highest BCUT2D eigenvalue weighted by molar-refractivity contribution is 7.91. The number of halogens is 1. The van der Waals surface area contributed by atoms with Crippen LogP contribution >= 0.6 is 11.6 Å². The van der Waals surface area contributed by atoms with Crippen LogP contribution in [0.15, 0.2) is 23.1 Å². The maximum absolute atomic E-state index is 12.3. The van der Waals surface area contributed by atoms with Crippen molar-refractivity contribution in [2.45, 2.75) is 30.3 Å². The van der Waals surface area contributed by atoms with Crippen molar-refractivity contribution in [1.29, 1.82) is 0 Å². The highest BCUT2D eigenvalue weighted by Crippen LogP contribution is 2.24. The van der Waals surface area contributed by atoms with E-state index < -0.39 is 19.9 Å². The number of sulfone groups is 1. The minimum Gasteiger partial charge on any atom is -0.326 e. The molecule has 0 aliphatic carbocycles. The molecule has 0 aromatic heterocycles. The van der Waals surface area contributed by atoms with Crippen LogP contribution in [0.2, 0.25) is 5.02 Å². The molecule has 1 heterocycles. The molecule has 0 atom stereocenters. The molecule has 1 aliphatic rings. The summed E-state index contributed by atoms with van der Waals surface area (Å²) in [5.41, 5.74) is 6.21. The van der Waals surface area contributed by atoms with E-state index in [4.69, 9.17) is 17.3 Å². The van der Waals surface area contributed by atoms with E-state index in [1.807, 2.05) is 0 Å². The summed E-state index contributed by atoms with van der Waals surface area (Å²) in [5.74, 6) is 0.0000599. The van der Waals surface area contributed by atoms with Crippen molar-refractivity contribution in [2.24, 2.45) is 5.73 Å². The van der Waals surface area contributed by atoms with Crippen LogP contribution in [0.25, 0.3) is 0 Å². The molecule has 0 bridgehead atoms. The van der Waals surface area contributed by atoms with Gasteiger partial charge in [-0.25, -0.2) is 21.6 Å². The van der Waals surface area contributed by atoms with Gasteiger partial charge in [0.25, 0.3) is 0 Å². The molecular weight excluding hydrogens is 336 g/mol. The summed E-state index contributed by atoms with van der Waals surface area (Å²) < 4.78 is 49.8. The summed E-state index contributed by atoms with van der Waals surface area (Å²) in [5, 5.41) is 0.105. The van der Waals surface area contributed by atoms with Gasteiger partial charge in [-0.05, 0) is 30.5 Å². The Kier molecular flexibility index (Phi) is 4.94. The van der Waals surface area contributed by atoms with Gasteiger partial charge >= 0.3 is 0 Å². The van der Waals surface area contributed by atoms with Crippen LogP contribution in [0.1, 0.15) is 18.4 Å². The fraction of sp³-hybridized carbons (Fsp3) is 0.500. The van der Waals surface area contributed by atoms with Crippen LogP contribution in [-0.2, 0) is 26.4 Å². The second-order valence-electron chi connectivity index (χ2n) is 5.02. The molecule has 1 aliphatic heterocycles. The van der Waals surface area contributed by atoms with Gasteiger partial charge in [0, 0.05) is 12.6 Å². The lowest BCUT2D eigenvalue weighted by atomic mass is 10.2. The highest BCUT2D eigenvalue weighted by Gasteiger charge is 2.28. The zero-order chi connectivity index (χ0) is 15.7. The number of sulfonamides is 1. The Labute approximate surface area is 129 Å². The summed E-state index contributed by atoms with van der Waals surface area (Å²) in [7, 11) is -6.80. The van der Waals surface area contributed by atoms with Gasteiger partial charge in [-0.1, -0.05) is 17.7 Å². The van der Waals surface area contributed by atoms with Gasteiger partial charge < -0.3 is 5.73 Å². The van der Waals surface area contributed by atoms with E-state index in [1.54, 1.807) is 6.07 Å². The fourth-order valence-electron chi connectivity index (χ4n) is 2.18. The van der Waals surface area contributed by atoms with Crippen molar-refractivity contribution in [2.75, 3.05) is 11.5 Å². The Morgan fingerprint density at radius 1 is 1.29 bits per heavy atom. The number of hydrogen-bond acceptors (Lipinski definition) is 5. The molecule has 0 spiro atoms. The number of benzene rings is 1. The predicted octanol–water partition coefficient (Wildman–Crippen LogP) is 0.654. The van der Waals surface area contributed by atoms with E-state index in [1.165, 1.54) is 12.1 Å². The Hall–Kier alpha value is -0.670. The molecule has 6 nitrogen and oxygen atoms in total. The maximum atomic E-state index is 12.3. The fourth-order valence-corrected chi connectivity index (χ4v) is 5.54. The second kappa shape index (κ2) is 6.21. The van der Waals surface area contributed by atoms with Gasteiger partial charge in [0.15, 0.2) is 0 Å². The third kappa shape index (κ3) is 4.17. The molecule has 1 aromatic carbocycles. The number of rotatable bonds is 4. The van der Waals surface area contributed by atoms with Crippen molar-refractivity contribution in [3.8, 4) is 0 Å². The van der Waals surface area contributed by atoms with Crippen molar-refractivity contribution in [3.63, 3.8) is 0 Å². The van der Waals surface area contributed by atoms with Crippen molar-refractivity contribution in [3.05, 3.63) is 28.8 Å². The van der Waals surface area contributed by atoms with E-state index in [2.05, 4.69) is 4.72 Å². The highest BCUT2D eigenvalue weighted by atomic mass is 35.5. The average molecular weight is 353 g/mol. The lowest BCUT2D eigenvalue weighted by Gasteiger charge is -2.23. The zero-order valence-corrected chi connectivity index (χ0v) is 13.6. The first-order chi connectivity index (χ1) is 9.73. The van der Waals surface area contributed by atoms with Crippen LogP contribution in [0, 0.1) is 0 Å². The molecule has 0 saturated carbocycles. The van der Waals surface area contributed by atoms with Gasteiger partial charge in [-0.2, -0.15) is 0 Å². The summed E-state index contributed by atoms with van der Waals surface area (Å²) in [6.07, 6.45) is 0.556. The average Bonchev–Trinajstić information content (AvgIpc) is 2.40. The molecule has 1 fully saturated rings. The third-order valence-electron chi connectivity index (χ3n) is 3.40. The molecular formula is C12H17ClN2O4S2. The molecule has 1 aromatic rings. The van der Waals surface area contributed by atoms with E-state index in [9.17, 15) is 16.8 Å². The molecule has 0 amide bonds. The van der Waals surface area contributed by atoms with Gasteiger partial charge in [0.05, 0.1) is 16.5 Å². The minimum absolute atomic E-state index is 0.0000300. The number of hydrogen-bond donors (Lipinski definition) is 2. The monoisotopic (exact) mass is 352 g/mol. The summed E-state index contributed by atoms with van der Waals surface area (Å²) in [4.78, 5) is -0.0187. The van der Waals surface area contributed by atoms with Crippen LogP contribution in [0.4, 0.5) is 0 Å². The van der Waals surface area contributed by atoms with Crippen LogP contribution < -0.4 is 10.5 Å². The van der Waals surface area contributed by atoms with Crippen molar-refractivity contribution >= 4 is 31.5 Å². The molecule has 0 unspecified atom stereocenters. The normalized spacial score (nSPS) is 19.5. The van der Waals surface area contributed by atoms with Crippen LogP contribution in [0.5, 0.6) is 0 Å². The molecule has 2 rings (SSSR count). The van der Waals surface area contributed by atoms with E-state index >= 15 is 0 Å². The second-order valence-corrected chi connectivity index (χ2v) is 9.41. The molecule has 3 N–H and O–H groups in total. The summed E-state index contributed by atoms with van der Waals surface area (Å²) in [6, 6.07) is 4.14. The minimum atomic E-state index is -3.77. The number of nitrogens with two attached hydrogens (primary N) is 1. The molecule has 0 radical (unpaired) electrons. The largest absolute Gasteiger partial charge is 0.326 e. The first kappa shape index (κ1) is 16.7. The Morgan fingerprint density at radius 3 is 2.43 bits per heavy atom. The van der Waals surface area contributed by atoms with E-state index in [0.29, 0.717) is 0 Å². The lowest BCUT2D eigenvalue weighted by molar-refractivity contribution is 0.505. The van der Waals surface area contributed by atoms with E-state index in [-0.39, 0.29) is 46.9 Å².